The zero-order chi connectivity index (χ0) is 8.10. The second kappa shape index (κ2) is 4.55. The van der Waals surface area contributed by atoms with Gasteiger partial charge >= 0.3 is 0 Å². The lowest BCUT2D eigenvalue weighted by Gasteiger charge is -2.15. The maximum absolute atomic E-state index is 3.81. The van der Waals surface area contributed by atoms with Crippen LogP contribution in [0.15, 0.2) is 12.7 Å². The molecule has 1 aliphatic carbocycles. The predicted octanol–water partition coefficient (Wildman–Crippen LogP) is 2.34. The third kappa shape index (κ3) is 2.66. The Labute approximate surface area is 69.9 Å². The Hall–Kier alpha value is -0.300. The van der Waals surface area contributed by atoms with Crippen molar-refractivity contribution in [1.29, 1.82) is 0 Å². The summed E-state index contributed by atoms with van der Waals surface area (Å²) in [6.45, 7) is 3.81. The predicted molar refractivity (Wildman–Crippen MR) is 49.6 cm³/mol. The Morgan fingerprint density at radius 2 is 2.18 bits per heavy atom. The van der Waals surface area contributed by atoms with Crippen LogP contribution in [0, 0.1) is 5.92 Å². The van der Waals surface area contributed by atoms with E-state index in [1.54, 1.807) is 0 Å². The average molecular weight is 153 g/mol. The average Bonchev–Trinajstić information content (AvgIpc) is 2.52. The van der Waals surface area contributed by atoms with E-state index in [0.717, 1.165) is 5.92 Å². The summed E-state index contributed by atoms with van der Waals surface area (Å²) in [6, 6.07) is 0.540. The topological polar surface area (TPSA) is 12.0 Å². The first-order chi connectivity index (χ1) is 5.36. The number of likely N-dealkylation sites (N-methyl/N-ethyl adjacent to an activating group) is 1. The van der Waals surface area contributed by atoms with Crippen molar-refractivity contribution in [1.82, 2.24) is 5.32 Å². The van der Waals surface area contributed by atoms with E-state index in [9.17, 15) is 0 Å². The molecule has 1 saturated carbocycles. The molecule has 0 heterocycles. The van der Waals surface area contributed by atoms with Gasteiger partial charge in [-0.1, -0.05) is 31.8 Å². The second-order valence-corrected chi connectivity index (χ2v) is 3.52. The van der Waals surface area contributed by atoms with Gasteiger partial charge < -0.3 is 5.32 Å². The number of nitrogens with one attached hydrogen (secondary N) is 1. The largest absolute Gasteiger partial charge is 0.314 e. The van der Waals surface area contributed by atoms with Crippen molar-refractivity contribution in [3.05, 3.63) is 12.7 Å². The number of hydrogen-bond acceptors (Lipinski definition) is 1. The lowest BCUT2D eigenvalue weighted by Crippen LogP contribution is -2.24. The SMILES string of the molecule is C=CC(CC1CCCC1)NC. The summed E-state index contributed by atoms with van der Waals surface area (Å²) in [5, 5.41) is 3.26. The van der Waals surface area contributed by atoms with Crippen LogP contribution >= 0.6 is 0 Å². The zero-order valence-electron chi connectivity index (χ0n) is 7.47. The van der Waals surface area contributed by atoms with E-state index in [2.05, 4.69) is 11.9 Å². The van der Waals surface area contributed by atoms with Crippen LogP contribution in [0.3, 0.4) is 0 Å². The lowest BCUT2D eigenvalue weighted by atomic mass is 9.99. The van der Waals surface area contributed by atoms with Gasteiger partial charge in [0, 0.05) is 6.04 Å². The summed E-state index contributed by atoms with van der Waals surface area (Å²) in [4.78, 5) is 0. The van der Waals surface area contributed by atoms with Gasteiger partial charge in [-0.3, -0.25) is 0 Å². The highest BCUT2D eigenvalue weighted by Gasteiger charge is 2.17. The molecule has 0 amide bonds. The summed E-state index contributed by atoms with van der Waals surface area (Å²) < 4.78 is 0. The van der Waals surface area contributed by atoms with Crippen LogP contribution < -0.4 is 5.32 Å². The molecule has 0 radical (unpaired) electrons. The molecule has 1 heteroatoms. The fraction of sp³-hybridized carbons (Fsp3) is 0.800. The normalized spacial score (nSPS) is 21.9. The molecule has 0 aliphatic heterocycles. The maximum Gasteiger partial charge on any atom is 0.0247 e. The summed E-state index contributed by atoms with van der Waals surface area (Å²) in [6.07, 6.45) is 9.08. The van der Waals surface area contributed by atoms with Gasteiger partial charge in [0.25, 0.3) is 0 Å². The molecule has 0 aromatic carbocycles. The van der Waals surface area contributed by atoms with E-state index in [-0.39, 0.29) is 0 Å². The van der Waals surface area contributed by atoms with E-state index in [4.69, 9.17) is 0 Å². The van der Waals surface area contributed by atoms with E-state index in [0.29, 0.717) is 6.04 Å². The summed E-state index contributed by atoms with van der Waals surface area (Å²) in [5.41, 5.74) is 0. The van der Waals surface area contributed by atoms with Gasteiger partial charge in [-0.15, -0.1) is 6.58 Å². The first-order valence-electron chi connectivity index (χ1n) is 4.66. The molecule has 1 rings (SSSR count). The smallest absolute Gasteiger partial charge is 0.0247 e. The summed E-state index contributed by atoms with van der Waals surface area (Å²) in [7, 11) is 2.02. The molecule has 1 aliphatic rings. The summed E-state index contributed by atoms with van der Waals surface area (Å²) >= 11 is 0. The molecular formula is C10H19N. The summed E-state index contributed by atoms with van der Waals surface area (Å²) in [5.74, 6) is 0.963. The molecular weight excluding hydrogens is 134 g/mol. The van der Waals surface area contributed by atoms with E-state index in [1.807, 2.05) is 13.1 Å². The van der Waals surface area contributed by atoms with Gasteiger partial charge in [0.2, 0.25) is 0 Å². The van der Waals surface area contributed by atoms with Crippen molar-refractivity contribution < 1.29 is 0 Å². The van der Waals surface area contributed by atoms with Crippen LogP contribution in [-0.2, 0) is 0 Å². The molecule has 0 aromatic rings. The van der Waals surface area contributed by atoms with Crippen molar-refractivity contribution in [2.45, 2.75) is 38.1 Å². The Kier molecular flexibility index (Phi) is 3.64. The quantitative estimate of drug-likeness (QED) is 0.611. The highest BCUT2D eigenvalue weighted by molar-refractivity contribution is 4.87. The molecule has 0 bridgehead atoms. The van der Waals surface area contributed by atoms with E-state index >= 15 is 0 Å². The third-order valence-corrected chi connectivity index (χ3v) is 2.72. The molecule has 64 valence electrons. The fourth-order valence-corrected chi connectivity index (χ4v) is 1.94. The third-order valence-electron chi connectivity index (χ3n) is 2.72. The fourth-order valence-electron chi connectivity index (χ4n) is 1.94. The molecule has 1 nitrogen and oxygen atoms in total. The van der Waals surface area contributed by atoms with Crippen LogP contribution in [0.5, 0.6) is 0 Å². The molecule has 1 unspecified atom stereocenters. The molecule has 0 aromatic heterocycles. The minimum Gasteiger partial charge on any atom is -0.314 e. The van der Waals surface area contributed by atoms with Crippen LogP contribution in [0.25, 0.3) is 0 Å². The molecule has 1 fully saturated rings. The first kappa shape index (κ1) is 8.79. The number of rotatable bonds is 4. The van der Waals surface area contributed by atoms with E-state index in [1.165, 1.54) is 32.1 Å². The Balaban J connectivity index is 2.21. The van der Waals surface area contributed by atoms with Gasteiger partial charge in [-0.2, -0.15) is 0 Å². The standard InChI is InChI=1S/C10H19N/c1-3-10(11-2)8-9-6-4-5-7-9/h3,9-11H,1,4-8H2,2H3. The van der Waals surface area contributed by atoms with Gasteiger partial charge in [-0.05, 0) is 19.4 Å². The van der Waals surface area contributed by atoms with Crippen molar-refractivity contribution in [2.24, 2.45) is 5.92 Å². The zero-order valence-corrected chi connectivity index (χ0v) is 7.47. The van der Waals surface area contributed by atoms with Crippen LogP contribution in [0.4, 0.5) is 0 Å². The second-order valence-electron chi connectivity index (χ2n) is 3.52. The van der Waals surface area contributed by atoms with Gasteiger partial charge in [-0.25, -0.2) is 0 Å². The molecule has 1 N–H and O–H groups in total. The minimum absolute atomic E-state index is 0.540. The molecule has 11 heavy (non-hydrogen) atoms. The minimum atomic E-state index is 0.540. The Morgan fingerprint density at radius 1 is 1.55 bits per heavy atom. The Morgan fingerprint density at radius 3 is 2.64 bits per heavy atom. The van der Waals surface area contributed by atoms with Gasteiger partial charge in [0.05, 0.1) is 0 Å². The van der Waals surface area contributed by atoms with Crippen molar-refractivity contribution >= 4 is 0 Å². The van der Waals surface area contributed by atoms with Crippen molar-refractivity contribution in [3.63, 3.8) is 0 Å². The maximum atomic E-state index is 3.81. The lowest BCUT2D eigenvalue weighted by molar-refractivity contribution is 0.446. The molecule has 0 saturated heterocycles. The molecule has 0 spiro atoms. The van der Waals surface area contributed by atoms with E-state index < -0.39 is 0 Å². The first-order valence-corrected chi connectivity index (χ1v) is 4.66. The van der Waals surface area contributed by atoms with Crippen LogP contribution in [-0.4, -0.2) is 13.1 Å². The molecule has 1 atom stereocenters. The van der Waals surface area contributed by atoms with Gasteiger partial charge in [0.15, 0.2) is 0 Å². The van der Waals surface area contributed by atoms with Crippen molar-refractivity contribution in [3.8, 4) is 0 Å². The highest BCUT2D eigenvalue weighted by Crippen LogP contribution is 2.28. The van der Waals surface area contributed by atoms with Crippen LogP contribution in [0.2, 0.25) is 0 Å². The monoisotopic (exact) mass is 153 g/mol. The Bertz CT molecular complexity index is 114. The van der Waals surface area contributed by atoms with Crippen molar-refractivity contribution in [2.75, 3.05) is 7.05 Å². The highest BCUT2D eigenvalue weighted by atomic mass is 14.9. The van der Waals surface area contributed by atoms with Crippen LogP contribution in [0.1, 0.15) is 32.1 Å². The number of hydrogen-bond donors (Lipinski definition) is 1. The van der Waals surface area contributed by atoms with Gasteiger partial charge in [0.1, 0.15) is 0 Å².